The topological polar surface area (TPSA) is 78.1 Å². The standard InChI is InChI=1S/C17H20N4O2/c1-3-11(2)16-17(23)20-13-7-5-4-6-12(13)9-21(16)14-8-15(22)19-10-18-14/h4-8,10-11,16H,3,9H2,1-2H3,(H,20,23)(H,18,19,22). The predicted octanol–water partition coefficient (Wildman–Crippen LogP) is 2.14. The third-order valence-corrected chi connectivity index (χ3v) is 4.36. The van der Waals surface area contributed by atoms with E-state index in [4.69, 9.17) is 0 Å². The van der Waals surface area contributed by atoms with Crippen LogP contribution in [0.5, 0.6) is 0 Å². The number of H-pyrrole nitrogens is 1. The largest absolute Gasteiger partial charge is 0.340 e. The molecular weight excluding hydrogens is 292 g/mol. The van der Waals surface area contributed by atoms with E-state index in [9.17, 15) is 9.59 Å². The van der Waals surface area contributed by atoms with Gasteiger partial charge >= 0.3 is 0 Å². The Morgan fingerprint density at radius 3 is 2.87 bits per heavy atom. The molecule has 1 aromatic heterocycles. The molecule has 0 bridgehead atoms. The Morgan fingerprint density at radius 1 is 1.35 bits per heavy atom. The first-order valence-electron chi connectivity index (χ1n) is 7.80. The third kappa shape index (κ3) is 2.97. The van der Waals surface area contributed by atoms with Gasteiger partial charge in [0.1, 0.15) is 11.9 Å². The lowest BCUT2D eigenvalue weighted by atomic mass is 9.96. The molecule has 0 spiro atoms. The molecule has 6 nitrogen and oxygen atoms in total. The van der Waals surface area contributed by atoms with E-state index in [0.29, 0.717) is 12.4 Å². The molecule has 6 heteroatoms. The van der Waals surface area contributed by atoms with Crippen molar-refractivity contribution in [1.82, 2.24) is 9.97 Å². The van der Waals surface area contributed by atoms with E-state index in [-0.39, 0.29) is 23.4 Å². The number of nitrogens with zero attached hydrogens (tertiary/aromatic N) is 2. The molecule has 1 amide bonds. The van der Waals surface area contributed by atoms with Gasteiger partial charge in [-0.05, 0) is 17.5 Å². The van der Waals surface area contributed by atoms with E-state index in [1.54, 1.807) is 0 Å². The second kappa shape index (κ2) is 6.24. The lowest BCUT2D eigenvalue weighted by Crippen LogP contribution is -2.46. The SMILES string of the molecule is CCC(C)C1C(=O)Nc2ccccc2CN1c1cc(=O)[nH]cn1. The van der Waals surface area contributed by atoms with Gasteiger partial charge in [-0.1, -0.05) is 38.5 Å². The number of aromatic nitrogens is 2. The number of hydrogen-bond acceptors (Lipinski definition) is 4. The monoisotopic (exact) mass is 312 g/mol. The Morgan fingerprint density at radius 2 is 2.13 bits per heavy atom. The van der Waals surface area contributed by atoms with Gasteiger partial charge in [0.05, 0.1) is 6.33 Å². The van der Waals surface area contributed by atoms with Gasteiger partial charge < -0.3 is 15.2 Å². The molecule has 0 aliphatic carbocycles. The van der Waals surface area contributed by atoms with Crippen molar-refractivity contribution in [2.75, 3.05) is 10.2 Å². The molecule has 23 heavy (non-hydrogen) atoms. The molecule has 2 heterocycles. The van der Waals surface area contributed by atoms with Crippen molar-refractivity contribution in [2.45, 2.75) is 32.9 Å². The Hall–Kier alpha value is -2.63. The van der Waals surface area contributed by atoms with E-state index >= 15 is 0 Å². The van der Waals surface area contributed by atoms with Gasteiger partial charge in [-0.15, -0.1) is 0 Å². The lowest BCUT2D eigenvalue weighted by Gasteiger charge is -2.33. The second-order valence-corrected chi connectivity index (χ2v) is 5.87. The Kier molecular flexibility index (Phi) is 4.14. The van der Waals surface area contributed by atoms with Crippen LogP contribution >= 0.6 is 0 Å². The molecule has 0 saturated heterocycles. The van der Waals surface area contributed by atoms with Crippen molar-refractivity contribution in [3.8, 4) is 0 Å². The first kappa shape index (κ1) is 15.3. The average molecular weight is 312 g/mol. The minimum atomic E-state index is -0.373. The summed E-state index contributed by atoms with van der Waals surface area (Å²) < 4.78 is 0. The molecule has 2 unspecified atom stereocenters. The fraction of sp³-hybridized carbons (Fsp3) is 0.353. The molecule has 2 aromatic rings. The van der Waals surface area contributed by atoms with E-state index < -0.39 is 0 Å². The summed E-state index contributed by atoms with van der Waals surface area (Å²) in [7, 11) is 0. The number of carbonyl (C=O) groups is 1. The van der Waals surface area contributed by atoms with Gasteiger partial charge in [-0.25, -0.2) is 4.98 Å². The zero-order chi connectivity index (χ0) is 16.4. The maximum Gasteiger partial charge on any atom is 0.252 e. The van der Waals surface area contributed by atoms with Crippen LogP contribution in [-0.2, 0) is 11.3 Å². The summed E-state index contributed by atoms with van der Waals surface area (Å²) in [5.41, 5.74) is 1.60. The first-order chi connectivity index (χ1) is 11.1. The molecular formula is C17H20N4O2. The number of amides is 1. The zero-order valence-corrected chi connectivity index (χ0v) is 13.2. The molecule has 1 aliphatic rings. The number of carbonyl (C=O) groups excluding carboxylic acids is 1. The average Bonchev–Trinajstić information content (AvgIpc) is 2.70. The summed E-state index contributed by atoms with van der Waals surface area (Å²) in [5.74, 6) is 0.586. The number of hydrogen-bond donors (Lipinski definition) is 2. The van der Waals surface area contributed by atoms with Crippen molar-refractivity contribution in [1.29, 1.82) is 0 Å². The summed E-state index contributed by atoms with van der Waals surface area (Å²) in [6.07, 6.45) is 2.23. The van der Waals surface area contributed by atoms with Gasteiger partial charge in [0.2, 0.25) is 5.91 Å². The molecule has 1 aliphatic heterocycles. The van der Waals surface area contributed by atoms with Crippen molar-refractivity contribution in [3.63, 3.8) is 0 Å². The van der Waals surface area contributed by atoms with Crippen LogP contribution < -0.4 is 15.8 Å². The van der Waals surface area contributed by atoms with E-state index in [1.165, 1.54) is 12.4 Å². The van der Waals surface area contributed by atoms with Crippen LogP contribution in [-0.4, -0.2) is 21.9 Å². The molecule has 1 aromatic carbocycles. The molecule has 0 radical (unpaired) electrons. The van der Waals surface area contributed by atoms with Crippen LogP contribution in [0, 0.1) is 5.92 Å². The number of aromatic amines is 1. The van der Waals surface area contributed by atoms with Gasteiger partial charge in [0.15, 0.2) is 0 Å². The van der Waals surface area contributed by atoms with Gasteiger partial charge in [-0.2, -0.15) is 0 Å². The highest BCUT2D eigenvalue weighted by Crippen LogP contribution is 2.29. The first-order valence-corrected chi connectivity index (χ1v) is 7.80. The van der Waals surface area contributed by atoms with Crippen molar-refractivity contribution >= 4 is 17.4 Å². The number of benzene rings is 1. The molecule has 2 N–H and O–H groups in total. The van der Waals surface area contributed by atoms with Gasteiger partial charge in [0.25, 0.3) is 5.56 Å². The Balaban J connectivity index is 2.10. The van der Waals surface area contributed by atoms with Gasteiger partial charge in [-0.3, -0.25) is 9.59 Å². The molecule has 3 rings (SSSR count). The number of anilines is 2. The van der Waals surface area contributed by atoms with Crippen LogP contribution in [0.25, 0.3) is 0 Å². The fourth-order valence-corrected chi connectivity index (χ4v) is 2.94. The highest BCUT2D eigenvalue weighted by molar-refractivity contribution is 5.98. The highest BCUT2D eigenvalue weighted by Gasteiger charge is 2.34. The van der Waals surface area contributed by atoms with E-state index in [2.05, 4.69) is 22.2 Å². The third-order valence-electron chi connectivity index (χ3n) is 4.36. The number of para-hydroxylation sites is 1. The Bertz CT molecular complexity index is 771. The number of nitrogens with one attached hydrogen (secondary N) is 2. The summed E-state index contributed by atoms with van der Waals surface area (Å²) in [5, 5.41) is 3.01. The molecule has 2 atom stereocenters. The summed E-state index contributed by atoms with van der Waals surface area (Å²) in [6, 6.07) is 8.79. The van der Waals surface area contributed by atoms with Crippen LogP contribution in [0.1, 0.15) is 25.8 Å². The zero-order valence-electron chi connectivity index (χ0n) is 13.2. The molecule has 120 valence electrons. The maximum absolute atomic E-state index is 12.8. The van der Waals surface area contributed by atoms with Gasteiger partial charge in [0, 0.05) is 18.3 Å². The van der Waals surface area contributed by atoms with Crippen LogP contribution in [0.3, 0.4) is 0 Å². The second-order valence-electron chi connectivity index (χ2n) is 5.87. The number of fused-ring (bicyclic) bond motifs is 1. The highest BCUT2D eigenvalue weighted by atomic mass is 16.2. The van der Waals surface area contributed by atoms with Crippen molar-refractivity contribution in [2.24, 2.45) is 5.92 Å². The fourth-order valence-electron chi connectivity index (χ4n) is 2.94. The predicted molar refractivity (Wildman–Crippen MR) is 89.4 cm³/mol. The molecule has 0 fully saturated rings. The van der Waals surface area contributed by atoms with Crippen LogP contribution in [0.2, 0.25) is 0 Å². The van der Waals surface area contributed by atoms with Crippen LogP contribution in [0.4, 0.5) is 11.5 Å². The summed E-state index contributed by atoms with van der Waals surface area (Å²) in [4.78, 5) is 33.2. The minimum absolute atomic E-state index is 0.0635. The van der Waals surface area contributed by atoms with Crippen molar-refractivity contribution in [3.05, 3.63) is 52.6 Å². The summed E-state index contributed by atoms with van der Waals surface area (Å²) in [6.45, 7) is 4.63. The molecule has 0 saturated carbocycles. The maximum atomic E-state index is 12.8. The quantitative estimate of drug-likeness (QED) is 0.910. The number of rotatable bonds is 3. The Labute approximate surface area is 134 Å². The minimum Gasteiger partial charge on any atom is -0.340 e. The normalized spacial score (nSPS) is 18.8. The van der Waals surface area contributed by atoms with E-state index in [1.807, 2.05) is 36.1 Å². The van der Waals surface area contributed by atoms with E-state index in [0.717, 1.165) is 17.7 Å². The summed E-state index contributed by atoms with van der Waals surface area (Å²) >= 11 is 0. The smallest absolute Gasteiger partial charge is 0.252 e. The van der Waals surface area contributed by atoms with Crippen molar-refractivity contribution < 1.29 is 4.79 Å². The van der Waals surface area contributed by atoms with Crippen LogP contribution in [0.15, 0.2) is 41.5 Å². The lowest BCUT2D eigenvalue weighted by molar-refractivity contribution is -0.118.